The summed E-state index contributed by atoms with van der Waals surface area (Å²) < 4.78 is 0. The molecule has 15 heavy (non-hydrogen) atoms. The molecule has 0 aliphatic carbocycles. The molecule has 1 saturated heterocycles. The Morgan fingerprint density at radius 1 is 1.33 bits per heavy atom. The van der Waals surface area contributed by atoms with Gasteiger partial charge in [0.15, 0.2) is 0 Å². The standard InChI is InChI=1S/C10H17NO4/c1-2-10(15)6-11(7-10)8(12)4-3-5-9(13)14/h15H,2-7H2,1H3,(H,13,14). The topological polar surface area (TPSA) is 77.8 Å². The number of hydrogen-bond donors (Lipinski definition) is 2. The Kier molecular flexibility index (Phi) is 3.68. The van der Waals surface area contributed by atoms with Crippen LogP contribution in [0.1, 0.15) is 32.6 Å². The third kappa shape index (κ3) is 3.20. The molecule has 2 N–H and O–H groups in total. The molecule has 1 rings (SSSR count). The molecule has 0 unspecified atom stereocenters. The molecule has 0 aromatic heterocycles. The molecule has 86 valence electrons. The minimum absolute atomic E-state index is 0.0254. The molecule has 0 saturated carbocycles. The van der Waals surface area contributed by atoms with Crippen LogP contribution in [0.4, 0.5) is 0 Å². The van der Waals surface area contributed by atoms with Gasteiger partial charge >= 0.3 is 5.97 Å². The minimum atomic E-state index is -0.878. The highest BCUT2D eigenvalue weighted by Gasteiger charge is 2.41. The van der Waals surface area contributed by atoms with E-state index >= 15 is 0 Å². The minimum Gasteiger partial charge on any atom is -0.481 e. The monoisotopic (exact) mass is 215 g/mol. The number of carboxylic acid groups (broad SMARTS) is 1. The lowest BCUT2D eigenvalue weighted by Crippen LogP contribution is -2.63. The van der Waals surface area contributed by atoms with Gasteiger partial charge in [-0.15, -0.1) is 0 Å². The van der Waals surface area contributed by atoms with Crippen LogP contribution in [0.2, 0.25) is 0 Å². The van der Waals surface area contributed by atoms with Crippen molar-refractivity contribution in [1.82, 2.24) is 4.90 Å². The molecule has 1 aliphatic rings. The highest BCUT2D eigenvalue weighted by molar-refractivity contribution is 5.78. The zero-order valence-electron chi connectivity index (χ0n) is 8.90. The van der Waals surface area contributed by atoms with E-state index in [4.69, 9.17) is 5.11 Å². The molecule has 5 nitrogen and oxygen atoms in total. The summed E-state index contributed by atoms with van der Waals surface area (Å²) in [5.74, 6) is -0.939. The molecule has 1 fully saturated rings. The van der Waals surface area contributed by atoms with Crippen LogP contribution < -0.4 is 0 Å². The van der Waals surface area contributed by atoms with Gasteiger partial charge in [0.25, 0.3) is 0 Å². The van der Waals surface area contributed by atoms with Crippen LogP contribution in [0.15, 0.2) is 0 Å². The first-order chi connectivity index (χ1) is 6.97. The summed E-state index contributed by atoms with van der Waals surface area (Å²) >= 11 is 0. The summed E-state index contributed by atoms with van der Waals surface area (Å²) in [6.45, 7) is 2.65. The van der Waals surface area contributed by atoms with Crippen molar-refractivity contribution in [2.75, 3.05) is 13.1 Å². The maximum absolute atomic E-state index is 11.4. The van der Waals surface area contributed by atoms with Crippen LogP contribution in [0.5, 0.6) is 0 Å². The van der Waals surface area contributed by atoms with Crippen molar-refractivity contribution in [3.05, 3.63) is 0 Å². The summed E-state index contributed by atoms with van der Waals surface area (Å²) in [6.07, 6.45) is 1.30. The summed E-state index contributed by atoms with van der Waals surface area (Å²) in [6, 6.07) is 0. The Morgan fingerprint density at radius 3 is 2.40 bits per heavy atom. The Bertz CT molecular complexity index is 258. The second-order valence-corrected chi connectivity index (χ2v) is 4.07. The van der Waals surface area contributed by atoms with E-state index in [-0.39, 0.29) is 18.7 Å². The van der Waals surface area contributed by atoms with Gasteiger partial charge in [-0.05, 0) is 12.8 Å². The lowest BCUT2D eigenvalue weighted by molar-refractivity contribution is -0.155. The molecular formula is C10H17NO4. The fourth-order valence-corrected chi connectivity index (χ4v) is 1.61. The zero-order chi connectivity index (χ0) is 11.5. The number of rotatable bonds is 5. The summed E-state index contributed by atoms with van der Waals surface area (Å²) in [4.78, 5) is 23.2. The van der Waals surface area contributed by atoms with Crippen LogP contribution in [-0.2, 0) is 9.59 Å². The van der Waals surface area contributed by atoms with E-state index in [0.29, 0.717) is 25.9 Å². The van der Waals surface area contributed by atoms with Gasteiger partial charge in [-0.1, -0.05) is 6.92 Å². The lowest BCUT2D eigenvalue weighted by atomic mass is 9.91. The number of carboxylic acids is 1. The number of amides is 1. The highest BCUT2D eigenvalue weighted by atomic mass is 16.4. The predicted octanol–water partition coefficient (Wildman–Crippen LogP) is 0.225. The Balaban J connectivity index is 2.18. The molecule has 0 aromatic rings. The van der Waals surface area contributed by atoms with Crippen LogP contribution in [0.3, 0.4) is 0 Å². The molecule has 0 aromatic carbocycles. The second-order valence-electron chi connectivity index (χ2n) is 4.07. The Hall–Kier alpha value is -1.10. The molecule has 0 spiro atoms. The van der Waals surface area contributed by atoms with Crippen LogP contribution >= 0.6 is 0 Å². The van der Waals surface area contributed by atoms with Gasteiger partial charge in [0, 0.05) is 12.8 Å². The zero-order valence-corrected chi connectivity index (χ0v) is 8.90. The largest absolute Gasteiger partial charge is 0.481 e. The molecule has 0 radical (unpaired) electrons. The fraction of sp³-hybridized carbons (Fsp3) is 0.800. The number of aliphatic hydroxyl groups is 1. The van der Waals surface area contributed by atoms with Crippen LogP contribution in [0.25, 0.3) is 0 Å². The van der Waals surface area contributed by atoms with E-state index in [1.165, 1.54) is 0 Å². The number of likely N-dealkylation sites (tertiary alicyclic amines) is 1. The third-order valence-electron chi connectivity index (χ3n) is 2.76. The van der Waals surface area contributed by atoms with Gasteiger partial charge in [0.05, 0.1) is 18.7 Å². The molecule has 1 aliphatic heterocycles. The molecule has 0 bridgehead atoms. The number of carbonyl (C=O) groups is 2. The maximum atomic E-state index is 11.4. The van der Waals surface area contributed by atoms with Crippen molar-refractivity contribution in [2.45, 2.75) is 38.2 Å². The highest BCUT2D eigenvalue weighted by Crippen LogP contribution is 2.24. The average molecular weight is 215 g/mol. The van der Waals surface area contributed by atoms with Crippen molar-refractivity contribution in [3.8, 4) is 0 Å². The van der Waals surface area contributed by atoms with E-state index < -0.39 is 11.6 Å². The first-order valence-electron chi connectivity index (χ1n) is 5.19. The Morgan fingerprint density at radius 2 is 1.93 bits per heavy atom. The van der Waals surface area contributed by atoms with Crippen LogP contribution in [-0.4, -0.2) is 45.7 Å². The second kappa shape index (κ2) is 4.61. The lowest BCUT2D eigenvalue weighted by Gasteiger charge is -2.46. The van der Waals surface area contributed by atoms with E-state index in [0.717, 1.165) is 0 Å². The van der Waals surface area contributed by atoms with Gasteiger partial charge in [-0.25, -0.2) is 0 Å². The molecule has 0 atom stereocenters. The molecule has 1 amide bonds. The fourth-order valence-electron chi connectivity index (χ4n) is 1.61. The number of nitrogens with zero attached hydrogens (tertiary/aromatic N) is 1. The van der Waals surface area contributed by atoms with E-state index in [1.54, 1.807) is 4.90 Å². The van der Waals surface area contributed by atoms with Gasteiger partial charge < -0.3 is 15.1 Å². The quantitative estimate of drug-likeness (QED) is 0.688. The summed E-state index contributed by atoms with van der Waals surface area (Å²) in [5.41, 5.74) is -0.706. The van der Waals surface area contributed by atoms with Crippen molar-refractivity contribution in [1.29, 1.82) is 0 Å². The summed E-state index contributed by atoms with van der Waals surface area (Å²) in [5, 5.41) is 18.1. The number of hydrogen-bond acceptors (Lipinski definition) is 3. The number of aliphatic carboxylic acids is 1. The van der Waals surface area contributed by atoms with Crippen molar-refractivity contribution >= 4 is 11.9 Å². The normalized spacial score (nSPS) is 18.4. The molecular weight excluding hydrogens is 198 g/mol. The SMILES string of the molecule is CCC1(O)CN(C(=O)CCCC(=O)O)C1. The van der Waals surface area contributed by atoms with Gasteiger partial charge in [0.1, 0.15) is 0 Å². The van der Waals surface area contributed by atoms with Crippen molar-refractivity contribution in [2.24, 2.45) is 0 Å². The maximum Gasteiger partial charge on any atom is 0.303 e. The smallest absolute Gasteiger partial charge is 0.303 e. The molecule has 1 heterocycles. The third-order valence-corrected chi connectivity index (χ3v) is 2.76. The number of carbonyl (C=O) groups excluding carboxylic acids is 1. The van der Waals surface area contributed by atoms with Gasteiger partial charge in [0.2, 0.25) is 5.91 Å². The molecule has 5 heteroatoms. The first-order valence-corrected chi connectivity index (χ1v) is 5.19. The average Bonchev–Trinajstić information content (AvgIpc) is 2.12. The van der Waals surface area contributed by atoms with Crippen molar-refractivity contribution < 1.29 is 19.8 Å². The van der Waals surface area contributed by atoms with E-state index in [9.17, 15) is 14.7 Å². The number of β-amino-alcohol motifs (C(OH)–C–C–N with tert-alkyl or cyclic N) is 1. The predicted molar refractivity (Wildman–Crippen MR) is 53.3 cm³/mol. The van der Waals surface area contributed by atoms with Gasteiger partial charge in [-0.2, -0.15) is 0 Å². The van der Waals surface area contributed by atoms with E-state index in [1.807, 2.05) is 6.92 Å². The Labute approximate surface area is 88.7 Å². The summed E-state index contributed by atoms with van der Waals surface area (Å²) in [7, 11) is 0. The van der Waals surface area contributed by atoms with Gasteiger partial charge in [-0.3, -0.25) is 9.59 Å². The first kappa shape index (κ1) is 12.0. The van der Waals surface area contributed by atoms with Crippen molar-refractivity contribution in [3.63, 3.8) is 0 Å². The van der Waals surface area contributed by atoms with E-state index in [2.05, 4.69) is 0 Å². The van der Waals surface area contributed by atoms with Crippen LogP contribution in [0, 0.1) is 0 Å².